The van der Waals surface area contributed by atoms with Crippen LogP contribution >= 0.6 is 0 Å². The molecule has 0 unspecified atom stereocenters. The maximum absolute atomic E-state index is 5.04. The number of pyridine rings is 1. The third-order valence-corrected chi connectivity index (χ3v) is 7.12. The Morgan fingerprint density at radius 1 is 0.238 bits per heavy atom. The van der Waals surface area contributed by atoms with Crippen molar-refractivity contribution in [3.05, 3.63) is 158 Å². The first-order valence-corrected chi connectivity index (χ1v) is 13.9. The van der Waals surface area contributed by atoms with Gasteiger partial charge in [0.1, 0.15) is 0 Å². The van der Waals surface area contributed by atoms with E-state index in [2.05, 4.69) is 60.7 Å². The summed E-state index contributed by atoms with van der Waals surface area (Å²) in [5.41, 5.74) is 8.95. The van der Waals surface area contributed by atoms with Crippen molar-refractivity contribution < 1.29 is 0 Å². The van der Waals surface area contributed by atoms with Crippen molar-refractivity contribution in [2.75, 3.05) is 0 Å². The molecule has 0 aliphatic rings. The van der Waals surface area contributed by atoms with Crippen molar-refractivity contribution in [1.29, 1.82) is 0 Å². The lowest BCUT2D eigenvalue weighted by atomic mass is 9.98. The Balaban J connectivity index is 1.37. The van der Waals surface area contributed by atoms with Gasteiger partial charge in [0.15, 0.2) is 17.5 Å². The molecule has 0 fully saturated rings. The fourth-order valence-electron chi connectivity index (χ4n) is 4.99. The Morgan fingerprint density at radius 3 is 1.05 bits per heavy atom. The van der Waals surface area contributed by atoms with Crippen LogP contribution < -0.4 is 0 Å². The van der Waals surface area contributed by atoms with Gasteiger partial charge in [0, 0.05) is 27.8 Å². The average Bonchev–Trinajstić information content (AvgIpc) is 3.09. The van der Waals surface area contributed by atoms with Crippen molar-refractivity contribution >= 4 is 0 Å². The minimum atomic E-state index is 0.630. The molecule has 42 heavy (non-hydrogen) atoms. The lowest BCUT2D eigenvalue weighted by Gasteiger charge is -2.12. The van der Waals surface area contributed by atoms with Gasteiger partial charge >= 0.3 is 0 Å². The number of aromatic nitrogens is 4. The highest BCUT2D eigenvalue weighted by Crippen LogP contribution is 2.32. The summed E-state index contributed by atoms with van der Waals surface area (Å²) in [7, 11) is 0. The molecule has 4 heteroatoms. The molecule has 0 atom stereocenters. The zero-order chi connectivity index (χ0) is 28.1. The fourth-order valence-corrected chi connectivity index (χ4v) is 4.99. The van der Waals surface area contributed by atoms with Gasteiger partial charge in [-0.3, -0.25) is 0 Å². The Labute approximate surface area is 245 Å². The molecule has 7 aromatic rings. The highest BCUT2D eigenvalue weighted by Gasteiger charge is 2.14. The maximum Gasteiger partial charge on any atom is 0.164 e. The summed E-state index contributed by atoms with van der Waals surface area (Å²) in [4.78, 5) is 19.7. The van der Waals surface area contributed by atoms with Crippen LogP contribution in [0.4, 0.5) is 0 Å². The summed E-state index contributed by atoms with van der Waals surface area (Å²) in [5.74, 6) is 1.92. The molecule has 0 saturated carbocycles. The van der Waals surface area contributed by atoms with Crippen LogP contribution in [0.1, 0.15) is 0 Å². The molecule has 0 saturated heterocycles. The maximum atomic E-state index is 5.04. The van der Waals surface area contributed by atoms with Crippen molar-refractivity contribution in [3.8, 4) is 67.8 Å². The summed E-state index contributed by atoms with van der Waals surface area (Å²) in [6.07, 6.45) is 0. The second kappa shape index (κ2) is 11.4. The third kappa shape index (κ3) is 5.34. The van der Waals surface area contributed by atoms with Crippen molar-refractivity contribution in [2.24, 2.45) is 0 Å². The van der Waals surface area contributed by atoms with Gasteiger partial charge in [-0.1, -0.05) is 140 Å². The van der Waals surface area contributed by atoms with E-state index in [1.807, 2.05) is 97.1 Å². The van der Waals surface area contributed by atoms with Crippen LogP contribution in [0.2, 0.25) is 0 Å². The zero-order valence-corrected chi connectivity index (χ0v) is 22.8. The first-order chi connectivity index (χ1) is 20.8. The average molecular weight is 539 g/mol. The predicted octanol–water partition coefficient (Wildman–Crippen LogP) is 9.27. The molecule has 2 heterocycles. The first-order valence-electron chi connectivity index (χ1n) is 13.9. The number of hydrogen-bond donors (Lipinski definition) is 0. The molecule has 0 N–H and O–H groups in total. The van der Waals surface area contributed by atoms with Crippen LogP contribution in [-0.4, -0.2) is 19.9 Å². The Hall–Kier alpha value is -5.74. The number of benzene rings is 5. The van der Waals surface area contributed by atoms with E-state index >= 15 is 0 Å². The monoisotopic (exact) mass is 538 g/mol. The van der Waals surface area contributed by atoms with Crippen LogP contribution in [0.15, 0.2) is 158 Å². The molecule has 0 amide bonds. The topological polar surface area (TPSA) is 51.6 Å². The molecule has 4 nitrogen and oxygen atoms in total. The standard InChI is InChI=1S/C38H26N4/c1-5-14-27(15-6-1)34-25-33(26-35(39-34)28-16-7-2-8-17-28)31-22-13-23-32(24-31)38-41-36(29-18-9-3-10-19-29)40-37(42-38)30-20-11-4-12-21-30/h1-26H. The van der Waals surface area contributed by atoms with Gasteiger partial charge in [-0.15, -0.1) is 0 Å². The molecule has 0 bridgehead atoms. The van der Waals surface area contributed by atoms with Crippen molar-refractivity contribution in [1.82, 2.24) is 19.9 Å². The van der Waals surface area contributed by atoms with Gasteiger partial charge in [0.25, 0.3) is 0 Å². The summed E-state index contributed by atoms with van der Waals surface area (Å²) in [5, 5.41) is 0. The van der Waals surface area contributed by atoms with E-state index in [0.29, 0.717) is 17.5 Å². The molecular weight excluding hydrogens is 512 g/mol. The predicted molar refractivity (Wildman–Crippen MR) is 170 cm³/mol. The van der Waals surface area contributed by atoms with Gasteiger partial charge in [0.2, 0.25) is 0 Å². The summed E-state index contributed by atoms with van der Waals surface area (Å²) < 4.78 is 0. The molecule has 7 rings (SSSR count). The molecule has 198 valence electrons. The fraction of sp³-hybridized carbons (Fsp3) is 0. The molecule has 5 aromatic carbocycles. The second-order valence-corrected chi connectivity index (χ2v) is 9.98. The van der Waals surface area contributed by atoms with Crippen LogP contribution in [0.5, 0.6) is 0 Å². The van der Waals surface area contributed by atoms with Crippen LogP contribution in [0.25, 0.3) is 67.8 Å². The first kappa shape index (κ1) is 25.2. The Morgan fingerprint density at radius 2 is 0.595 bits per heavy atom. The molecular formula is C38H26N4. The highest BCUT2D eigenvalue weighted by molar-refractivity contribution is 5.79. The van der Waals surface area contributed by atoms with Crippen molar-refractivity contribution in [2.45, 2.75) is 0 Å². The molecule has 0 spiro atoms. The number of rotatable bonds is 6. The van der Waals surface area contributed by atoms with Gasteiger partial charge < -0.3 is 0 Å². The van der Waals surface area contributed by atoms with Gasteiger partial charge in [-0.05, 0) is 29.3 Å². The normalized spacial score (nSPS) is 10.9. The summed E-state index contributed by atoms with van der Waals surface area (Å²) >= 11 is 0. The zero-order valence-electron chi connectivity index (χ0n) is 22.8. The summed E-state index contributed by atoms with van der Waals surface area (Å²) in [6.45, 7) is 0. The van der Waals surface area contributed by atoms with Crippen LogP contribution in [0.3, 0.4) is 0 Å². The van der Waals surface area contributed by atoms with Gasteiger partial charge in [-0.2, -0.15) is 0 Å². The quantitative estimate of drug-likeness (QED) is 0.212. The highest BCUT2D eigenvalue weighted by atomic mass is 15.0. The number of hydrogen-bond acceptors (Lipinski definition) is 4. The van der Waals surface area contributed by atoms with E-state index < -0.39 is 0 Å². The number of nitrogens with zero attached hydrogens (tertiary/aromatic N) is 4. The smallest absolute Gasteiger partial charge is 0.164 e. The molecule has 2 aromatic heterocycles. The largest absolute Gasteiger partial charge is 0.248 e. The van der Waals surface area contributed by atoms with E-state index in [9.17, 15) is 0 Å². The Bertz CT molecular complexity index is 1700. The van der Waals surface area contributed by atoms with Crippen LogP contribution in [-0.2, 0) is 0 Å². The SMILES string of the molecule is c1ccc(-c2cc(-c3cccc(-c4nc(-c5ccccc5)nc(-c5ccccc5)n4)c3)cc(-c3ccccc3)n2)cc1. The van der Waals surface area contributed by atoms with E-state index in [0.717, 1.165) is 50.3 Å². The minimum absolute atomic E-state index is 0.630. The molecule has 0 radical (unpaired) electrons. The van der Waals surface area contributed by atoms with Crippen molar-refractivity contribution in [3.63, 3.8) is 0 Å². The van der Waals surface area contributed by atoms with Gasteiger partial charge in [0.05, 0.1) is 11.4 Å². The minimum Gasteiger partial charge on any atom is -0.248 e. The van der Waals surface area contributed by atoms with E-state index in [1.165, 1.54) is 0 Å². The molecule has 0 aliphatic carbocycles. The van der Waals surface area contributed by atoms with Crippen LogP contribution in [0, 0.1) is 0 Å². The Kier molecular flexibility index (Phi) is 6.85. The van der Waals surface area contributed by atoms with E-state index in [4.69, 9.17) is 19.9 Å². The van der Waals surface area contributed by atoms with E-state index in [1.54, 1.807) is 0 Å². The lowest BCUT2D eigenvalue weighted by Crippen LogP contribution is -2.00. The summed E-state index contributed by atoms with van der Waals surface area (Å²) in [6, 6.07) is 53.4. The third-order valence-electron chi connectivity index (χ3n) is 7.12. The molecule has 0 aliphatic heterocycles. The lowest BCUT2D eigenvalue weighted by molar-refractivity contribution is 1.07. The van der Waals surface area contributed by atoms with E-state index in [-0.39, 0.29) is 0 Å². The second-order valence-electron chi connectivity index (χ2n) is 9.98. The van der Waals surface area contributed by atoms with Gasteiger partial charge in [-0.25, -0.2) is 19.9 Å².